The Morgan fingerprint density at radius 3 is 2.83 bits per heavy atom. The zero-order chi connectivity index (χ0) is 16.4. The molecule has 1 atom stereocenters. The van der Waals surface area contributed by atoms with Crippen LogP contribution in [-0.4, -0.2) is 25.1 Å². The van der Waals surface area contributed by atoms with E-state index in [9.17, 15) is 14.5 Å². The lowest BCUT2D eigenvalue weighted by Gasteiger charge is -2.19. The van der Waals surface area contributed by atoms with Gasteiger partial charge in [-0.15, -0.1) is 0 Å². The number of ether oxygens (including phenoxy) is 1. The van der Waals surface area contributed by atoms with Crippen LogP contribution in [0.25, 0.3) is 0 Å². The number of para-hydroxylation sites is 1. The fraction of sp³-hybridized carbons (Fsp3) is 0.294. The highest BCUT2D eigenvalue weighted by molar-refractivity contribution is 5.64. The van der Waals surface area contributed by atoms with E-state index in [0.717, 1.165) is 23.8 Å². The number of benzene rings is 2. The van der Waals surface area contributed by atoms with Crippen molar-refractivity contribution in [2.45, 2.75) is 12.3 Å². The molecule has 23 heavy (non-hydrogen) atoms. The number of hydrogen-bond donors (Lipinski definition) is 0. The number of methoxy groups -OCH3 is 1. The molecule has 2 aromatic carbocycles. The molecule has 1 aliphatic heterocycles. The molecule has 3 rings (SSSR count). The SMILES string of the molecule is COc1ccccc1C1CCN(c2ccc(F)cc2[N+](=O)[O-])C1. The standard InChI is InChI=1S/C17H17FN2O3/c1-23-17-5-3-2-4-14(17)12-8-9-19(11-12)15-7-6-13(18)10-16(15)20(21)22/h2-7,10,12H,8-9,11H2,1H3. The minimum atomic E-state index is -0.596. The number of anilines is 1. The van der Waals surface area contributed by atoms with Gasteiger partial charge >= 0.3 is 0 Å². The predicted molar refractivity (Wildman–Crippen MR) is 85.6 cm³/mol. The maximum atomic E-state index is 13.3. The summed E-state index contributed by atoms with van der Waals surface area (Å²) in [6.07, 6.45) is 0.870. The van der Waals surface area contributed by atoms with Crippen LogP contribution in [0.4, 0.5) is 15.8 Å². The number of hydrogen-bond acceptors (Lipinski definition) is 4. The summed E-state index contributed by atoms with van der Waals surface area (Å²) in [5.74, 6) is 0.463. The van der Waals surface area contributed by atoms with Gasteiger partial charge in [0.15, 0.2) is 0 Å². The number of nitro groups is 1. The summed E-state index contributed by atoms with van der Waals surface area (Å²) < 4.78 is 18.7. The van der Waals surface area contributed by atoms with Gasteiger partial charge in [0.2, 0.25) is 0 Å². The highest BCUT2D eigenvalue weighted by atomic mass is 19.1. The molecule has 1 unspecified atom stereocenters. The summed E-state index contributed by atoms with van der Waals surface area (Å²) in [4.78, 5) is 12.6. The van der Waals surface area contributed by atoms with Crippen molar-refractivity contribution in [2.24, 2.45) is 0 Å². The third-order valence-electron chi connectivity index (χ3n) is 4.24. The Bertz CT molecular complexity index is 736. The van der Waals surface area contributed by atoms with Crippen molar-refractivity contribution < 1.29 is 14.1 Å². The first-order valence-electron chi connectivity index (χ1n) is 7.42. The number of nitrogens with zero attached hydrogens (tertiary/aromatic N) is 2. The van der Waals surface area contributed by atoms with Gasteiger partial charge in [0.25, 0.3) is 5.69 Å². The molecule has 120 valence electrons. The first-order chi connectivity index (χ1) is 11.1. The van der Waals surface area contributed by atoms with E-state index in [2.05, 4.69) is 0 Å². The zero-order valence-corrected chi connectivity index (χ0v) is 12.7. The first kappa shape index (κ1) is 15.3. The van der Waals surface area contributed by atoms with Gasteiger partial charge in [0.05, 0.1) is 18.1 Å². The third kappa shape index (κ3) is 2.97. The lowest BCUT2D eigenvalue weighted by Crippen LogP contribution is -2.20. The summed E-state index contributed by atoms with van der Waals surface area (Å²) in [6, 6.07) is 11.5. The molecule has 1 fully saturated rings. The smallest absolute Gasteiger partial charge is 0.295 e. The molecule has 0 aliphatic carbocycles. The Labute approximate surface area is 133 Å². The van der Waals surface area contributed by atoms with E-state index in [1.807, 2.05) is 29.2 Å². The monoisotopic (exact) mass is 316 g/mol. The van der Waals surface area contributed by atoms with Gasteiger partial charge < -0.3 is 9.64 Å². The lowest BCUT2D eigenvalue weighted by atomic mass is 9.97. The molecule has 0 bridgehead atoms. The van der Waals surface area contributed by atoms with Crippen molar-refractivity contribution in [2.75, 3.05) is 25.1 Å². The van der Waals surface area contributed by atoms with Gasteiger partial charge in [-0.3, -0.25) is 10.1 Å². The maximum absolute atomic E-state index is 13.3. The largest absolute Gasteiger partial charge is 0.496 e. The molecule has 5 nitrogen and oxygen atoms in total. The molecule has 0 N–H and O–H groups in total. The van der Waals surface area contributed by atoms with Crippen LogP contribution in [-0.2, 0) is 0 Å². The Balaban J connectivity index is 1.87. The molecular weight excluding hydrogens is 299 g/mol. The second-order valence-electron chi connectivity index (χ2n) is 5.56. The van der Waals surface area contributed by atoms with Crippen LogP contribution in [0, 0.1) is 15.9 Å². The zero-order valence-electron chi connectivity index (χ0n) is 12.7. The highest BCUT2D eigenvalue weighted by Gasteiger charge is 2.30. The Morgan fingerprint density at radius 2 is 2.09 bits per heavy atom. The summed E-state index contributed by atoms with van der Waals surface area (Å²) in [7, 11) is 1.64. The fourth-order valence-electron chi connectivity index (χ4n) is 3.15. The lowest BCUT2D eigenvalue weighted by molar-refractivity contribution is -0.384. The van der Waals surface area contributed by atoms with E-state index in [4.69, 9.17) is 4.74 Å². The first-order valence-corrected chi connectivity index (χ1v) is 7.42. The summed E-state index contributed by atoms with van der Waals surface area (Å²) in [5.41, 5.74) is 1.38. The van der Waals surface area contributed by atoms with Crippen molar-refractivity contribution in [3.63, 3.8) is 0 Å². The van der Waals surface area contributed by atoms with E-state index in [1.165, 1.54) is 12.1 Å². The third-order valence-corrected chi connectivity index (χ3v) is 4.24. The molecule has 0 aromatic heterocycles. The number of rotatable bonds is 4. The topological polar surface area (TPSA) is 55.6 Å². The van der Waals surface area contributed by atoms with E-state index >= 15 is 0 Å². The van der Waals surface area contributed by atoms with Crippen LogP contribution in [0.3, 0.4) is 0 Å². The van der Waals surface area contributed by atoms with Crippen LogP contribution in [0.1, 0.15) is 17.9 Å². The minimum absolute atomic E-state index is 0.189. The highest BCUT2D eigenvalue weighted by Crippen LogP contribution is 2.38. The second kappa shape index (κ2) is 6.24. The van der Waals surface area contributed by atoms with E-state index < -0.39 is 10.7 Å². The Morgan fingerprint density at radius 1 is 1.30 bits per heavy atom. The van der Waals surface area contributed by atoms with Crippen molar-refractivity contribution in [3.05, 3.63) is 64.0 Å². The van der Waals surface area contributed by atoms with Gasteiger partial charge in [-0.25, -0.2) is 4.39 Å². The normalized spacial score (nSPS) is 17.3. The van der Waals surface area contributed by atoms with Crippen LogP contribution in [0.2, 0.25) is 0 Å². The van der Waals surface area contributed by atoms with Gasteiger partial charge in [-0.2, -0.15) is 0 Å². The van der Waals surface area contributed by atoms with E-state index in [-0.39, 0.29) is 11.6 Å². The number of nitro benzene ring substituents is 1. The van der Waals surface area contributed by atoms with Crippen molar-refractivity contribution in [1.82, 2.24) is 0 Å². The summed E-state index contributed by atoms with van der Waals surface area (Å²) in [5, 5.41) is 11.2. The van der Waals surface area contributed by atoms with E-state index in [0.29, 0.717) is 18.8 Å². The second-order valence-corrected chi connectivity index (χ2v) is 5.56. The molecule has 0 amide bonds. The predicted octanol–water partition coefficient (Wildman–Crippen LogP) is 3.74. The Kier molecular flexibility index (Phi) is 4.14. The Hall–Kier alpha value is -2.63. The molecule has 0 spiro atoms. The van der Waals surface area contributed by atoms with Gasteiger partial charge in [0.1, 0.15) is 17.3 Å². The van der Waals surface area contributed by atoms with Crippen molar-refractivity contribution >= 4 is 11.4 Å². The van der Waals surface area contributed by atoms with Crippen LogP contribution < -0.4 is 9.64 Å². The molecule has 6 heteroatoms. The summed E-state index contributed by atoms with van der Waals surface area (Å²) in [6.45, 7) is 1.34. The van der Waals surface area contributed by atoms with Crippen molar-refractivity contribution in [1.29, 1.82) is 0 Å². The van der Waals surface area contributed by atoms with Crippen LogP contribution in [0.5, 0.6) is 5.75 Å². The molecule has 1 saturated heterocycles. The van der Waals surface area contributed by atoms with Gasteiger partial charge in [-0.1, -0.05) is 18.2 Å². The van der Waals surface area contributed by atoms with Gasteiger partial charge in [-0.05, 0) is 30.2 Å². The minimum Gasteiger partial charge on any atom is -0.496 e. The van der Waals surface area contributed by atoms with Gasteiger partial charge in [0, 0.05) is 19.0 Å². The quantitative estimate of drug-likeness (QED) is 0.637. The molecule has 0 saturated carbocycles. The number of halogens is 1. The fourth-order valence-corrected chi connectivity index (χ4v) is 3.15. The maximum Gasteiger partial charge on any atom is 0.295 e. The van der Waals surface area contributed by atoms with Crippen LogP contribution >= 0.6 is 0 Å². The molecule has 0 radical (unpaired) electrons. The molecule has 1 heterocycles. The molecule has 2 aromatic rings. The molecular formula is C17H17FN2O3. The summed E-state index contributed by atoms with van der Waals surface area (Å²) >= 11 is 0. The average molecular weight is 316 g/mol. The van der Waals surface area contributed by atoms with Crippen molar-refractivity contribution in [3.8, 4) is 5.75 Å². The van der Waals surface area contributed by atoms with E-state index in [1.54, 1.807) is 7.11 Å². The average Bonchev–Trinajstić information content (AvgIpc) is 3.04. The molecule has 1 aliphatic rings. The van der Waals surface area contributed by atoms with Crippen LogP contribution in [0.15, 0.2) is 42.5 Å².